The minimum atomic E-state index is 0.126. The number of allylic oxidation sites excluding steroid dienone is 2. The Balaban J connectivity index is 1.83. The summed E-state index contributed by atoms with van der Waals surface area (Å²) in [6, 6.07) is 9.95. The fraction of sp³-hybridized carbons (Fsp3) is 0.312. The van der Waals surface area contributed by atoms with Gasteiger partial charge in [0.15, 0.2) is 0 Å². The second-order valence-electron chi connectivity index (χ2n) is 4.74. The highest BCUT2D eigenvalue weighted by Gasteiger charge is 2.39. The van der Waals surface area contributed by atoms with E-state index in [0.29, 0.717) is 5.78 Å². The molecule has 1 nitrogen and oxygen atoms in total. The van der Waals surface area contributed by atoms with Crippen LogP contribution in [-0.4, -0.2) is 5.78 Å². The van der Waals surface area contributed by atoms with Crippen molar-refractivity contribution in [1.82, 2.24) is 0 Å². The second kappa shape index (κ2) is 4.22. The molecule has 0 aromatic heterocycles. The third-order valence-corrected chi connectivity index (χ3v) is 3.66. The van der Waals surface area contributed by atoms with E-state index in [1.165, 1.54) is 0 Å². The Bertz CT molecular complexity index is 515. The average Bonchev–Trinajstić information content (AvgIpc) is 2.62. The van der Waals surface area contributed by atoms with E-state index in [-0.39, 0.29) is 17.8 Å². The molecule has 0 spiro atoms. The first-order valence-corrected chi connectivity index (χ1v) is 6.13. The summed E-state index contributed by atoms with van der Waals surface area (Å²) in [5, 5.41) is 0. The van der Waals surface area contributed by atoms with Crippen LogP contribution in [0.25, 0.3) is 0 Å². The minimum absolute atomic E-state index is 0.126. The normalized spacial score (nSPS) is 29.9. The van der Waals surface area contributed by atoms with Gasteiger partial charge in [-0.1, -0.05) is 42.2 Å². The number of benzene rings is 1. The molecule has 3 rings (SSSR count). The lowest BCUT2D eigenvalue weighted by Gasteiger charge is -2.17. The van der Waals surface area contributed by atoms with Gasteiger partial charge < -0.3 is 0 Å². The maximum absolute atomic E-state index is 11.9. The number of ketones is 1. The molecule has 1 heteroatoms. The monoisotopic (exact) mass is 222 g/mol. The Kier molecular flexibility index (Phi) is 2.57. The Labute approximate surface area is 102 Å². The van der Waals surface area contributed by atoms with E-state index in [0.717, 1.165) is 18.4 Å². The van der Waals surface area contributed by atoms with Crippen molar-refractivity contribution in [3.63, 3.8) is 0 Å². The van der Waals surface area contributed by atoms with Crippen molar-refractivity contribution in [2.75, 3.05) is 0 Å². The van der Waals surface area contributed by atoms with Gasteiger partial charge in [0.2, 0.25) is 0 Å². The Morgan fingerprint density at radius 1 is 1.06 bits per heavy atom. The fourth-order valence-electron chi connectivity index (χ4n) is 2.69. The largest absolute Gasteiger partial charge is 0.299 e. The van der Waals surface area contributed by atoms with Crippen LogP contribution in [0, 0.1) is 29.6 Å². The average molecular weight is 222 g/mol. The summed E-state index contributed by atoms with van der Waals surface area (Å²) < 4.78 is 0. The zero-order valence-corrected chi connectivity index (χ0v) is 9.60. The van der Waals surface area contributed by atoms with Gasteiger partial charge in [-0.05, 0) is 25.0 Å². The molecule has 1 aromatic carbocycles. The molecule has 84 valence electrons. The lowest BCUT2D eigenvalue weighted by Crippen LogP contribution is -2.23. The molecule has 3 atom stereocenters. The molecule has 0 heterocycles. The molecule has 2 aliphatic carbocycles. The molecule has 17 heavy (non-hydrogen) atoms. The van der Waals surface area contributed by atoms with Crippen LogP contribution < -0.4 is 0 Å². The molecule has 0 aliphatic heterocycles. The van der Waals surface area contributed by atoms with Crippen molar-refractivity contribution in [2.24, 2.45) is 17.8 Å². The zero-order chi connectivity index (χ0) is 11.7. The number of rotatable bonds is 0. The van der Waals surface area contributed by atoms with Gasteiger partial charge in [-0.15, -0.1) is 0 Å². The van der Waals surface area contributed by atoms with Gasteiger partial charge >= 0.3 is 0 Å². The van der Waals surface area contributed by atoms with Crippen LogP contribution in [-0.2, 0) is 4.79 Å². The predicted molar refractivity (Wildman–Crippen MR) is 67.2 cm³/mol. The van der Waals surface area contributed by atoms with Crippen molar-refractivity contribution in [2.45, 2.75) is 12.8 Å². The number of carbonyl (C=O) groups excluding carboxylic acids is 1. The Hall–Kier alpha value is -1.81. The summed E-state index contributed by atoms with van der Waals surface area (Å²) in [7, 11) is 0. The molecule has 0 radical (unpaired) electrons. The maximum Gasteiger partial charge on any atom is 0.144 e. The highest BCUT2D eigenvalue weighted by Crippen LogP contribution is 2.38. The minimum Gasteiger partial charge on any atom is -0.299 e. The summed E-state index contributed by atoms with van der Waals surface area (Å²) >= 11 is 0. The quantitative estimate of drug-likeness (QED) is 0.487. The first kappa shape index (κ1) is 10.4. The number of carbonyl (C=O) groups is 1. The van der Waals surface area contributed by atoms with Crippen molar-refractivity contribution >= 4 is 5.78 Å². The van der Waals surface area contributed by atoms with Gasteiger partial charge in [0, 0.05) is 23.3 Å². The Morgan fingerprint density at radius 3 is 2.71 bits per heavy atom. The van der Waals surface area contributed by atoms with Crippen LogP contribution in [0.2, 0.25) is 0 Å². The molecular formula is C16H14O. The van der Waals surface area contributed by atoms with E-state index in [2.05, 4.69) is 24.0 Å². The highest BCUT2D eigenvalue weighted by molar-refractivity contribution is 5.89. The van der Waals surface area contributed by atoms with E-state index in [9.17, 15) is 4.79 Å². The lowest BCUT2D eigenvalue weighted by molar-refractivity contribution is -0.123. The Morgan fingerprint density at radius 2 is 1.88 bits per heavy atom. The van der Waals surface area contributed by atoms with Gasteiger partial charge in [0.25, 0.3) is 0 Å². The fourth-order valence-corrected chi connectivity index (χ4v) is 2.69. The van der Waals surface area contributed by atoms with E-state index >= 15 is 0 Å². The van der Waals surface area contributed by atoms with Crippen molar-refractivity contribution < 1.29 is 4.79 Å². The van der Waals surface area contributed by atoms with Crippen LogP contribution in [0.15, 0.2) is 42.5 Å². The molecule has 0 N–H and O–H groups in total. The van der Waals surface area contributed by atoms with E-state index in [1.807, 2.05) is 30.3 Å². The van der Waals surface area contributed by atoms with Gasteiger partial charge in [-0.3, -0.25) is 4.79 Å². The van der Waals surface area contributed by atoms with Gasteiger partial charge in [0.1, 0.15) is 5.78 Å². The van der Waals surface area contributed by atoms with E-state index in [4.69, 9.17) is 0 Å². The molecule has 2 aliphatic rings. The van der Waals surface area contributed by atoms with Crippen LogP contribution >= 0.6 is 0 Å². The first-order chi connectivity index (χ1) is 8.34. The molecule has 1 aromatic rings. The SMILES string of the molecule is O=C1[C@@H]2C=C[C@@H](C#Cc3ccccc3)[C@H]1CC2. The van der Waals surface area contributed by atoms with Crippen LogP contribution in [0.3, 0.4) is 0 Å². The number of hydrogen-bond acceptors (Lipinski definition) is 1. The summed E-state index contributed by atoms with van der Waals surface area (Å²) in [6.07, 6.45) is 6.20. The summed E-state index contributed by atoms with van der Waals surface area (Å²) in [6.45, 7) is 0. The van der Waals surface area contributed by atoms with E-state index < -0.39 is 0 Å². The number of hydrogen-bond donors (Lipinski definition) is 0. The smallest absolute Gasteiger partial charge is 0.144 e. The molecule has 0 saturated heterocycles. The molecule has 1 fully saturated rings. The molecule has 1 saturated carbocycles. The van der Waals surface area contributed by atoms with Crippen LogP contribution in [0.1, 0.15) is 18.4 Å². The summed E-state index contributed by atoms with van der Waals surface area (Å²) in [4.78, 5) is 11.9. The summed E-state index contributed by atoms with van der Waals surface area (Å²) in [5.41, 5.74) is 1.02. The van der Waals surface area contributed by atoms with E-state index in [1.54, 1.807) is 0 Å². The molecule has 2 bridgehead atoms. The van der Waals surface area contributed by atoms with Crippen molar-refractivity contribution in [3.8, 4) is 11.8 Å². The van der Waals surface area contributed by atoms with Crippen molar-refractivity contribution in [1.29, 1.82) is 0 Å². The van der Waals surface area contributed by atoms with Crippen molar-refractivity contribution in [3.05, 3.63) is 48.0 Å². The summed E-state index contributed by atoms with van der Waals surface area (Å²) in [5.74, 6) is 7.28. The molecular weight excluding hydrogens is 208 g/mol. The predicted octanol–water partition coefficient (Wildman–Crippen LogP) is 2.82. The topological polar surface area (TPSA) is 17.1 Å². The lowest BCUT2D eigenvalue weighted by atomic mass is 9.84. The highest BCUT2D eigenvalue weighted by atomic mass is 16.1. The maximum atomic E-state index is 11.9. The van der Waals surface area contributed by atoms with Gasteiger partial charge in [-0.2, -0.15) is 0 Å². The number of Topliss-reactive ketones (excluding diaryl/α,β-unsaturated/α-hetero) is 1. The zero-order valence-electron chi connectivity index (χ0n) is 9.60. The molecule has 0 amide bonds. The van der Waals surface area contributed by atoms with Crippen LogP contribution in [0.4, 0.5) is 0 Å². The molecule has 0 unspecified atom stereocenters. The standard InChI is InChI=1S/C16H14O/c17-16-14-9-8-13(15(16)11-10-14)7-6-12-4-2-1-3-5-12/h1-5,8-9,13-15H,10-11H2/t13-,14-,15-/m1/s1. The third-order valence-electron chi connectivity index (χ3n) is 3.66. The third kappa shape index (κ3) is 1.91. The first-order valence-electron chi connectivity index (χ1n) is 6.13. The van der Waals surface area contributed by atoms with Gasteiger partial charge in [0.05, 0.1) is 0 Å². The van der Waals surface area contributed by atoms with Gasteiger partial charge in [-0.25, -0.2) is 0 Å². The second-order valence-corrected chi connectivity index (χ2v) is 4.74. The number of fused-ring (bicyclic) bond motifs is 2. The van der Waals surface area contributed by atoms with Crippen LogP contribution in [0.5, 0.6) is 0 Å².